The van der Waals surface area contributed by atoms with Crippen LogP contribution >= 0.6 is 0 Å². The molecular formula is C20H24N2O3. The van der Waals surface area contributed by atoms with Crippen LogP contribution in [0.25, 0.3) is 0 Å². The van der Waals surface area contributed by atoms with E-state index >= 15 is 0 Å². The van der Waals surface area contributed by atoms with Gasteiger partial charge in [0.05, 0.1) is 38.7 Å². The predicted molar refractivity (Wildman–Crippen MR) is 94.3 cm³/mol. The smallest absolute Gasteiger partial charge is 0.119 e. The second-order valence-electron chi connectivity index (χ2n) is 6.72. The second-order valence-corrected chi connectivity index (χ2v) is 6.72. The normalized spacial score (nSPS) is 25.9. The van der Waals surface area contributed by atoms with E-state index in [9.17, 15) is 0 Å². The van der Waals surface area contributed by atoms with E-state index in [0.717, 1.165) is 37.7 Å². The molecule has 132 valence electrons. The van der Waals surface area contributed by atoms with Gasteiger partial charge in [0.15, 0.2) is 0 Å². The Labute approximate surface area is 148 Å². The minimum Gasteiger partial charge on any atom is -0.497 e. The summed E-state index contributed by atoms with van der Waals surface area (Å²) in [6.45, 7) is 3.96. The van der Waals surface area contributed by atoms with Crippen LogP contribution in [0.5, 0.6) is 5.75 Å². The molecule has 0 N–H and O–H groups in total. The monoisotopic (exact) mass is 340 g/mol. The Kier molecular flexibility index (Phi) is 4.97. The van der Waals surface area contributed by atoms with Crippen molar-refractivity contribution >= 4 is 0 Å². The molecule has 4 rings (SSSR count). The number of aromatic nitrogens is 1. The number of hydrogen-bond donors (Lipinski definition) is 0. The van der Waals surface area contributed by atoms with Crippen molar-refractivity contribution < 1.29 is 14.2 Å². The van der Waals surface area contributed by atoms with E-state index in [1.807, 2.05) is 36.5 Å². The number of pyridine rings is 1. The standard InChI is InChI=1S/C20H24N2O3/c1-23-17-7-4-5-15(9-17)10-22-11-20(18-13-24-14-19(18)22)25-12-16-6-2-3-8-21-16/h2-9,18-20H,10-14H2,1H3/t18-,19+,20+/m0/s1. The van der Waals surface area contributed by atoms with Gasteiger partial charge < -0.3 is 14.2 Å². The fourth-order valence-corrected chi connectivity index (χ4v) is 3.83. The molecule has 2 aliphatic heterocycles. The maximum Gasteiger partial charge on any atom is 0.119 e. The van der Waals surface area contributed by atoms with E-state index < -0.39 is 0 Å². The zero-order valence-electron chi connectivity index (χ0n) is 14.5. The van der Waals surface area contributed by atoms with Gasteiger partial charge in [-0.3, -0.25) is 9.88 Å². The van der Waals surface area contributed by atoms with Crippen molar-refractivity contribution in [1.82, 2.24) is 9.88 Å². The Balaban J connectivity index is 1.41. The van der Waals surface area contributed by atoms with E-state index in [1.165, 1.54) is 5.56 Å². The molecule has 0 radical (unpaired) electrons. The van der Waals surface area contributed by atoms with E-state index in [1.54, 1.807) is 7.11 Å². The van der Waals surface area contributed by atoms with Crippen LogP contribution in [0.15, 0.2) is 48.7 Å². The SMILES string of the molecule is COc1cccc(CN2C[C@@H](OCc3ccccn3)[C@H]3COC[C@H]32)c1. The first-order valence-corrected chi connectivity index (χ1v) is 8.80. The van der Waals surface area contributed by atoms with Crippen LogP contribution in [0.4, 0.5) is 0 Å². The summed E-state index contributed by atoms with van der Waals surface area (Å²) >= 11 is 0. The average Bonchev–Trinajstić information content (AvgIpc) is 3.25. The molecule has 0 aliphatic carbocycles. The van der Waals surface area contributed by atoms with Crippen molar-refractivity contribution in [1.29, 1.82) is 0 Å². The minimum absolute atomic E-state index is 0.195. The van der Waals surface area contributed by atoms with Gasteiger partial charge in [-0.15, -0.1) is 0 Å². The summed E-state index contributed by atoms with van der Waals surface area (Å²) in [5.74, 6) is 1.34. The van der Waals surface area contributed by atoms with Gasteiger partial charge in [-0.25, -0.2) is 0 Å². The summed E-state index contributed by atoms with van der Waals surface area (Å²) < 4.78 is 17.3. The lowest BCUT2D eigenvalue weighted by atomic mass is 10.0. The van der Waals surface area contributed by atoms with Gasteiger partial charge in [-0.1, -0.05) is 18.2 Å². The van der Waals surface area contributed by atoms with Gasteiger partial charge in [-0.2, -0.15) is 0 Å². The number of ether oxygens (including phenoxy) is 3. The van der Waals surface area contributed by atoms with Crippen molar-refractivity contribution in [2.45, 2.75) is 25.3 Å². The van der Waals surface area contributed by atoms with Gasteiger partial charge in [0.2, 0.25) is 0 Å². The molecule has 3 atom stereocenters. The summed E-state index contributed by atoms with van der Waals surface area (Å²) in [6, 6.07) is 14.6. The molecule has 0 spiro atoms. The molecule has 0 unspecified atom stereocenters. The quantitative estimate of drug-likeness (QED) is 0.808. The van der Waals surface area contributed by atoms with Gasteiger partial charge in [0, 0.05) is 31.2 Å². The zero-order chi connectivity index (χ0) is 17.1. The highest BCUT2D eigenvalue weighted by molar-refractivity contribution is 5.28. The predicted octanol–water partition coefficient (Wildman–Crippen LogP) is 2.51. The van der Waals surface area contributed by atoms with Crippen LogP contribution < -0.4 is 4.74 Å². The van der Waals surface area contributed by atoms with Crippen LogP contribution in [0.3, 0.4) is 0 Å². The summed E-state index contributed by atoms with van der Waals surface area (Å²) in [5, 5.41) is 0. The van der Waals surface area contributed by atoms with Crippen molar-refractivity contribution in [3.63, 3.8) is 0 Å². The van der Waals surface area contributed by atoms with Crippen LogP contribution in [0.1, 0.15) is 11.3 Å². The largest absolute Gasteiger partial charge is 0.497 e. The van der Waals surface area contributed by atoms with E-state index in [4.69, 9.17) is 14.2 Å². The lowest BCUT2D eigenvalue weighted by molar-refractivity contribution is 0.00740. The summed E-state index contributed by atoms with van der Waals surface area (Å²) in [6.07, 6.45) is 2.00. The molecule has 0 saturated carbocycles. The third kappa shape index (κ3) is 3.68. The van der Waals surface area contributed by atoms with Gasteiger partial charge >= 0.3 is 0 Å². The topological polar surface area (TPSA) is 43.8 Å². The fourth-order valence-electron chi connectivity index (χ4n) is 3.83. The van der Waals surface area contributed by atoms with Crippen LogP contribution in [0, 0.1) is 5.92 Å². The minimum atomic E-state index is 0.195. The van der Waals surface area contributed by atoms with E-state index in [2.05, 4.69) is 22.0 Å². The van der Waals surface area contributed by atoms with Crippen LogP contribution in [-0.2, 0) is 22.6 Å². The molecule has 0 bridgehead atoms. The van der Waals surface area contributed by atoms with Crippen molar-refractivity contribution in [2.24, 2.45) is 5.92 Å². The molecule has 2 aliphatic rings. The lowest BCUT2D eigenvalue weighted by Gasteiger charge is -2.22. The van der Waals surface area contributed by atoms with Crippen LogP contribution in [-0.4, -0.2) is 48.9 Å². The molecule has 2 fully saturated rings. The summed E-state index contributed by atoms with van der Waals surface area (Å²) in [4.78, 5) is 6.83. The highest BCUT2D eigenvalue weighted by Crippen LogP contribution is 2.33. The van der Waals surface area contributed by atoms with Crippen molar-refractivity contribution in [3.8, 4) is 5.75 Å². The average molecular weight is 340 g/mol. The number of likely N-dealkylation sites (tertiary alicyclic amines) is 1. The number of methoxy groups -OCH3 is 1. The maximum absolute atomic E-state index is 6.21. The Hall–Kier alpha value is -1.95. The highest BCUT2D eigenvalue weighted by atomic mass is 16.5. The Bertz CT molecular complexity index is 694. The summed E-state index contributed by atoms with van der Waals surface area (Å²) in [7, 11) is 1.71. The summed E-state index contributed by atoms with van der Waals surface area (Å²) in [5.41, 5.74) is 2.24. The molecule has 1 aromatic carbocycles. The molecule has 2 saturated heterocycles. The Morgan fingerprint density at radius 3 is 3.00 bits per heavy atom. The maximum atomic E-state index is 6.21. The third-order valence-electron chi connectivity index (χ3n) is 5.15. The molecule has 2 aromatic rings. The van der Waals surface area contributed by atoms with Crippen molar-refractivity contribution in [2.75, 3.05) is 26.9 Å². The first-order chi connectivity index (χ1) is 12.3. The Morgan fingerprint density at radius 2 is 2.16 bits per heavy atom. The third-order valence-corrected chi connectivity index (χ3v) is 5.15. The molecule has 0 amide bonds. The Morgan fingerprint density at radius 1 is 1.20 bits per heavy atom. The van der Waals surface area contributed by atoms with Gasteiger partial charge in [0.1, 0.15) is 5.75 Å². The number of rotatable bonds is 6. The molecule has 5 nitrogen and oxygen atoms in total. The van der Waals surface area contributed by atoms with Crippen LogP contribution in [0.2, 0.25) is 0 Å². The molecule has 3 heterocycles. The molecule has 25 heavy (non-hydrogen) atoms. The molecule has 1 aromatic heterocycles. The first kappa shape index (κ1) is 16.5. The zero-order valence-corrected chi connectivity index (χ0v) is 14.5. The number of benzene rings is 1. The molecule has 5 heteroatoms. The fraction of sp³-hybridized carbons (Fsp3) is 0.450. The number of fused-ring (bicyclic) bond motifs is 1. The van der Waals surface area contributed by atoms with Gasteiger partial charge in [-0.05, 0) is 29.8 Å². The number of hydrogen-bond acceptors (Lipinski definition) is 5. The second kappa shape index (κ2) is 7.52. The lowest BCUT2D eigenvalue weighted by Crippen LogP contribution is -2.32. The molecular weight excluding hydrogens is 316 g/mol. The van der Waals surface area contributed by atoms with E-state index in [-0.39, 0.29) is 6.10 Å². The van der Waals surface area contributed by atoms with E-state index in [0.29, 0.717) is 18.6 Å². The van der Waals surface area contributed by atoms with Crippen molar-refractivity contribution in [3.05, 3.63) is 59.9 Å². The van der Waals surface area contributed by atoms with Gasteiger partial charge in [0.25, 0.3) is 0 Å². The highest BCUT2D eigenvalue weighted by Gasteiger charge is 2.45. The first-order valence-electron chi connectivity index (χ1n) is 8.80. The number of nitrogens with zero attached hydrogens (tertiary/aromatic N) is 2.